The highest BCUT2D eigenvalue weighted by Crippen LogP contribution is 2.41. The Bertz CT molecular complexity index is 167. The van der Waals surface area contributed by atoms with E-state index in [4.69, 9.17) is 0 Å². The van der Waals surface area contributed by atoms with E-state index in [0.717, 1.165) is 25.0 Å². The third-order valence-electron chi connectivity index (χ3n) is 2.67. The van der Waals surface area contributed by atoms with Gasteiger partial charge >= 0.3 is 0 Å². The first-order valence-electron chi connectivity index (χ1n) is 5.28. The summed E-state index contributed by atoms with van der Waals surface area (Å²) in [7, 11) is 0. The number of rotatable bonds is 3. The molecule has 1 atom stereocenters. The summed E-state index contributed by atoms with van der Waals surface area (Å²) in [5.74, 6) is 2.14. The van der Waals surface area contributed by atoms with Crippen LogP contribution < -0.4 is 0 Å². The molecule has 1 rings (SSSR count). The van der Waals surface area contributed by atoms with Crippen LogP contribution >= 0.6 is 11.8 Å². The number of thioether (sulfide) groups is 1. The first-order valence-corrected chi connectivity index (χ1v) is 6.43. The molecule has 1 nitrogen and oxygen atoms in total. The third-order valence-corrected chi connectivity index (χ3v) is 4.39. The molecule has 1 N–H and O–H groups in total. The van der Waals surface area contributed by atoms with Crippen LogP contribution in [0.2, 0.25) is 0 Å². The van der Waals surface area contributed by atoms with E-state index in [1.54, 1.807) is 0 Å². The third kappa shape index (κ3) is 3.51. The normalized spacial score (nSPS) is 33.2. The van der Waals surface area contributed by atoms with Gasteiger partial charge in [-0.25, -0.2) is 0 Å². The zero-order valence-electron chi connectivity index (χ0n) is 9.10. The minimum atomic E-state index is -0.373. The summed E-state index contributed by atoms with van der Waals surface area (Å²) in [6, 6.07) is 0. The highest BCUT2D eigenvalue weighted by Gasteiger charge is 2.38. The Morgan fingerprint density at radius 1 is 1.31 bits per heavy atom. The van der Waals surface area contributed by atoms with Crippen molar-refractivity contribution in [3.05, 3.63) is 0 Å². The second kappa shape index (κ2) is 4.22. The molecule has 1 aliphatic rings. The van der Waals surface area contributed by atoms with Crippen molar-refractivity contribution < 1.29 is 5.11 Å². The van der Waals surface area contributed by atoms with Crippen molar-refractivity contribution in [1.29, 1.82) is 0 Å². The Morgan fingerprint density at radius 3 is 2.54 bits per heavy atom. The van der Waals surface area contributed by atoms with Gasteiger partial charge in [0.15, 0.2) is 0 Å². The van der Waals surface area contributed by atoms with E-state index in [9.17, 15) is 5.11 Å². The van der Waals surface area contributed by atoms with Crippen LogP contribution in [0, 0.1) is 5.41 Å². The fourth-order valence-electron chi connectivity index (χ4n) is 2.18. The van der Waals surface area contributed by atoms with Crippen molar-refractivity contribution in [2.24, 2.45) is 5.41 Å². The van der Waals surface area contributed by atoms with Crippen LogP contribution in [0.1, 0.15) is 46.5 Å². The van der Waals surface area contributed by atoms with E-state index in [0.29, 0.717) is 5.41 Å². The zero-order valence-corrected chi connectivity index (χ0v) is 9.91. The van der Waals surface area contributed by atoms with Gasteiger partial charge in [-0.1, -0.05) is 33.6 Å². The quantitative estimate of drug-likeness (QED) is 0.759. The highest BCUT2D eigenvalue weighted by atomic mass is 32.2. The predicted octanol–water partition coefficient (Wildman–Crippen LogP) is 3.07. The number of hydrogen-bond donors (Lipinski definition) is 1. The molecule has 1 unspecified atom stereocenters. The maximum atomic E-state index is 10.3. The molecule has 0 aliphatic carbocycles. The number of unbranched alkanes of at least 4 members (excludes halogenated alkanes) is 1. The number of hydrogen-bond acceptors (Lipinski definition) is 2. The molecular weight excluding hydrogens is 180 g/mol. The maximum absolute atomic E-state index is 10.3. The summed E-state index contributed by atoms with van der Waals surface area (Å²) in [6.45, 7) is 6.70. The van der Waals surface area contributed by atoms with Gasteiger partial charge in [-0.15, -0.1) is 0 Å². The molecule has 0 radical (unpaired) electrons. The molecule has 13 heavy (non-hydrogen) atoms. The average molecular weight is 202 g/mol. The van der Waals surface area contributed by atoms with E-state index in [2.05, 4.69) is 20.8 Å². The summed E-state index contributed by atoms with van der Waals surface area (Å²) >= 11 is 1.91. The lowest BCUT2D eigenvalue weighted by atomic mass is 9.80. The second-order valence-electron chi connectivity index (χ2n) is 5.16. The van der Waals surface area contributed by atoms with Crippen molar-refractivity contribution in [2.75, 3.05) is 11.5 Å². The minimum Gasteiger partial charge on any atom is -0.389 e. The molecule has 0 spiro atoms. The highest BCUT2D eigenvalue weighted by molar-refractivity contribution is 7.99. The van der Waals surface area contributed by atoms with Crippen molar-refractivity contribution in [3.63, 3.8) is 0 Å². The standard InChI is InChI=1S/C11H22OS/c1-4-5-6-11(12)7-10(2,3)8-13-9-11/h12H,4-9H2,1-3H3. The zero-order chi connectivity index (χ0) is 9.95. The lowest BCUT2D eigenvalue weighted by Crippen LogP contribution is -2.42. The van der Waals surface area contributed by atoms with Crippen LogP contribution in [0.25, 0.3) is 0 Å². The predicted molar refractivity (Wildman–Crippen MR) is 60.2 cm³/mol. The molecule has 1 saturated heterocycles. The van der Waals surface area contributed by atoms with E-state index < -0.39 is 0 Å². The van der Waals surface area contributed by atoms with Gasteiger partial charge in [-0.3, -0.25) is 0 Å². The number of aliphatic hydroxyl groups is 1. The van der Waals surface area contributed by atoms with Gasteiger partial charge in [0.2, 0.25) is 0 Å². The Labute approximate surface area is 86.3 Å². The molecule has 2 heteroatoms. The molecule has 0 aromatic heterocycles. The van der Waals surface area contributed by atoms with Crippen LogP contribution in [0.3, 0.4) is 0 Å². The smallest absolute Gasteiger partial charge is 0.0743 e. The van der Waals surface area contributed by atoms with E-state index >= 15 is 0 Å². The topological polar surface area (TPSA) is 20.2 Å². The molecule has 0 bridgehead atoms. The molecular formula is C11H22OS. The molecule has 1 fully saturated rings. The molecule has 0 saturated carbocycles. The summed E-state index contributed by atoms with van der Waals surface area (Å²) < 4.78 is 0. The molecule has 78 valence electrons. The van der Waals surface area contributed by atoms with Crippen LogP contribution in [0.15, 0.2) is 0 Å². The molecule has 0 amide bonds. The molecule has 0 aromatic rings. The van der Waals surface area contributed by atoms with Crippen LogP contribution in [-0.2, 0) is 0 Å². The monoisotopic (exact) mass is 202 g/mol. The SMILES string of the molecule is CCCCC1(O)CSCC(C)(C)C1. The van der Waals surface area contributed by atoms with Gasteiger partial charge in [0, 0.05) is 5.75 Å². The Kier molecular flexibility index (Phi) is 3.70. The second-order valence-corrected chi connectivity index (χ2v) is 6.15. The van der Waals surface area contributed by atoms with Gasteiger partial charge in [0.05, 0.1) is 5.60 Å². The van der Waals surface area contributed by atoms with Crippen LogP contribution in [-0.4, -0.2) is 22.2 Å². The Balaban J connectivity index is 2.47. The van der Waals surface area contributed by atoms with Gasteiger partial charge in [0.1, 0.15) is 0 Å². The van der Waals surface area contributed by atoms with Crippen molar-refractivity contribution in [1.82, 2.24) is 0 Å². The van der Waals surface area contributed by atoms with E-state index in [1.165, 1.54) is 12.2 Å². The summed E-state index contributed by atoms with van der Waals surface area (Å²) in [4.78, 5) is 0. The van der Waals surface area contributed by atoms with Crippen molar-refractivity contribution >= 4 is 11.8 Å². The molecule has 1 heterocycles. The largest absolute Gasteiger partial charge is 0.389 e. The van der Waals surface area contributed by atoms with Crippen molar-refractivity contribution in [3.8, 4) is 0 Å². The Hall–Kier alpha value is 0.310. The lowest BCUT2D eigenvalue weighted by Gasteiger charge is -2.41. The van der Waals surface area contributed by atoms with E-state index in [-0.39, 0.29) is 5.60 Å². The van der Waals surface area contributed by atoms with Crippen LogP contribution in [0.5, 0.6) is 0 Å². The summed E-state index contributed by atoms with van der Waals surface area (Å²) in [5, 5.41) is 10.3. The van der Waals surface area contributed by atoms with Gasteiger partial charge in [-0.2, -0.15) is 11.8 Å². The Morgan fingerprint density at radius 2 is 2.00 bits per heavy atom. The van der Waals surface area contributed by atoms with E-state index in [1.807, 2.05) is 11.8 Å². The molecule has 0 aromatic carbocycles. The van der Waals surface area contributed by atoms with Gasteiger partial charge in [-0.05, 0) is 24.0 Å². The fourth-order valence-corrected chi connectivity index (χ4v) is 3.56. The maximum Gasteiger partial charge on any atom is 0.0743 e. The summed E-state index contributed by atoms with van der Waals surface area (Å²) in [6.07, 6.45) is 4.31. The minimum absolute atomic E-state index is 0.325. The van der Waals surface area contributed by atoms with Gasteiger partial charge in [0.25, 0.3) is 0 Å². The van der Waals surface area contributed by atoms with Crippen LogP contribution in [0.4, 0.5) is 0 Å². The first-order chi connectivity index (χ1) is 5.97. The summed E-state index contributed by atoms with van der Waals surface area (Å²) in [5.41, 5.74) is -0.0478. The first kappa shape index (κ1) is 11.4. The fraction of sp³-hybridized carbons (Fsp3) is 1.00. The van der Waals surface area contributed by atoms with Gasteiger partial charge < -0.3 is 5.11 Å². The lowest BCUT2D eigenvalue weighted by molar-refractivity contribution is 0.0101. The molecule has 1 aliphatic heterocycles. The average Bonchev–Trinajstić information content (AvgIpc) is 1.98. The van der Waals surface area contributed by atoms with Crippen molar-refractivity contribution in [2.45, 2.75) is 52.1 Å².